The topological polar surface area (TPSA) is 49.8 Å². The predicted octanol–water partition coefficient (Wildman–Crippen LogP) is 2.89. The number of carbonyl (C=O) groups is 1. The number of benzene rings is 1. The third kappa shape index (κ3) is 4.27. The first kappa shape index (κ1) is 17.2. The quantitative estimate of drug-likeness (QED) is 0.815. The van der Waals surface area contributed by atoms with Crippen LogP contribution in [-0.4, -0.2) is 48.1 Å². The lowest BCUT2D eigenvalue weighted by molar-refractivity contribution is -0.0272. The van der Waals surface area contributed by atoms with E-state index in [0.717, 1.165) is 4.88 Å². The van der Waals surface area contributed by atoms with E-state index in [1.165, 1.54) is 23.5 Å². The number of rotatable bonds is 6. The van der Waals surface area contributed by atoms with Gasteiger partial charge >= 0.3 is 0 Å². The van der Waals surface area contributed by atoms with E-state index in [1.807, 2.05) is 17.5 Å². The second-order valence-corrected chi connectivity index (χ2v) is 6.84. The SMILES string of the molecule is O=C(C[C@@H]1COCCN1C[C@H](O)c1ccc(F)cc1)c1cccs1. The van der Waals surface area contributed by atoms with Crippen molar-refractivity contribution in [3.8, 4) is 0 Å². The lowest BCUT2D eigenvalue weighted by Crippen LogP contribution is -2.48. The van der Waals surface area contributed by atoms with Crippen LogP contribution >= 0.6 is 11.3 Å². The molecule has 1 N–H and O–H groups in total. The molecule has 2 aromatic rings. The molecule has 2 heterocycles. The fourth-order valence-corrected chi connectivity index (χ4v) is 3.56. The summed E-state index contributed by atoms with van der Waals surface area (Å²) < 4.78 is 18.5. The molecule has 24 heavy (non-hydrogen) atoms. The zero-order valence-corrected chi connectivity index (χ0v) is 14.0. The summed E-state index contributed by atoms with van der Waals surface area (Å²) in [5, 5.41) is 12.3. The van der Waals surface area contributed by atoms with Crippen LogP contribution in [0.1, 0.15) is 27.8 Å². The first-order valence-electron chi connectivity index (χ1n) is 7.95. The molecule has 0 saturated carbocycles. The summed E-state index contributed by atoms with van der Waals surface area (Å²) in [6, 6.07) is 9.51. The summed E-state index contributed by atoms with van der Waals surface area (Å²) in [7, 11) is 0. The monoisotopic (exact) mass is 349 g/mol. The van der Waals surface area contributed by atoms with Gasteiger partial charge in [-0.25, -0.2) is 4.39 Å². The number of β-amino-alcohol motifs (C(OH)–C–C–N with tert-alkyl or cyclic N) is 1. The van der Waals surface area contributed by atoms with E-state index in [1.54, 1.807) is 12.1 Å². The summed E-state index contributed by atoms with van der Waals surface area (Å²) in [6.07, 6.45) is -0.348. The lowest BCUT2D eigenvalue weighted by atomic mass is 10.0. The highest BCUT2D eigenvalue weighted by molar-refractivity contribution is 7.12. The number of carbonyl (C=O) groups excluding carboxylic acids is 1. The standard InChI is InChI=1S/C18H20FNO3S/c19-14-5-3-13(4-6-14)17(22)11-20-7-8-23-12-15(20)10-16(21)18-2-1-9-24-18/h1-6,9,15,17,22H,7-8,10-12H2/t15-,17+/m1/s1. The Morgan fingerprint density at radius 1 is 1.38 bits per heavy atom. The smallest absolute Gasteiger partial charge is 0.174 e. The second kappa shape index (κ2) is 7.98. The van der Waals surface area contributed by atoms with E-state index in [2.05, 4.69) is 4.90 Å². The molecule has 1 saturated heterocycles. The Morgan fingerprint density at radius 2 is 2.17 bits per heavy atom. The number of Topliss-reactive ketones (excluding diaryl/α,β-unsaturated/α-hetero) is 1. The molecule has 1 aromatic carbocycles. The number of nitrogens with zero attached hydrogens (tertiary/aromatic N) is 1. The Hall–Kier alpha value is -1.60. The zero-order valence-electron chi connectivity index (χ0n) is 13.2. The van der Waals surface area contributed by atoms with Gasteiger partial charge in [-0.3, -0.25) is 9.69 Å². The van der Waals surface area contributed by atoms with Gasteiger partial charge < -0.3 is 9.84 Å². The summed E-state index contributed by atoms with van der Waals surface area (Å²) in [5.74, 6) is -0.224. The van der Waals surface area contributed by atoms with Gasteiger partial charge in [0.25, 0.3) is 0 Å². The van der Waals surface area contributed by atoms with Crippen molar-refractivity contribution in [2.45, 2.75) is 18.6 Å². The van der Waals surface area contributed by atoms with Crippen LogP contribution in [0.15, 0.2) is 41.8 Å². The molecule has 3 rings (SSSR count). The van der Waals surface area contributed by atoms with Crippen molar-refractivity contribution in [1.82, 2.24) is 4.90 Å². The number of hydrogen-bond donors (Lipinski definition) is 1. The molecule has 2 atom stereocenters. The third-order valence-corrected chi connectivity index (χ3v) is 5.14. The van der Waals surface area contributed by atoms with Crippen LogP contribution < -0.4 is 0 Å². The Kier molecular flexibility index (Phi) is 5.73. The second-order valence-electron chi connectivity index (χ2n) is 5.90. The predicted molar refractivity (Wildman–Crippen MR) is 90.8 cm³/mol. The number of ketones is 1. The van der Waals surface area contributed by atoms with Crippen LogP contribution in [0.25, 0.3) is 0 Å². The van der Waals surface area contributed by atoms with E-state index in [4.69, 9.17) is 4.74 Å². The van der Waals surface area contributed by atoms with Crippen molar-refractivity contribution >= 4 is 17.1 Å². The van der Waals surface area contributed by atoms with Gasteiger partial charge in [-0.15, -0.1) is 11.3 Å². The van der Waals surface area contributed by atoms with Gasteiger partial charge in [0.1, 0.15) is 5.82 Å². The van der Waals surface area contributed by atoms with E-state index >= 15 is 0 Å². The number of aliphatic hydroxyl groups excluding tert-OH is 1. The van der Waals surface area contributed by atoms with Crippen LogP contribution in [0.5, 0.6) is 0 Å². The maximum absolute atomic E-state index is 13.0. The highest BCUT2D eigenvalue weighted by Gasteiger charge is 2.28. The van der Waals surface area contributed by atoms with Crippen LogP contribution in [-0.2, 0) is 4.74 Å². The molecule has 4 nitrogen and oxygen atoms in total. The molecule has 1 fully saturated rings. The number of halogens is 1. The van der Waals surface area contributed by atoms with Crippen molar-refractivity contribution in [2.75, 3.05) is 26.3 Å². The van der Waals surface area contributed by atoms with E-state index in [0.29, 0.717) is 38.3 Å². The van der Waals surface area contributed by atoms with Crippen LogP contribution in [0.3, 0.4) is 0 Å². The van der Waals surface area contributed by atoms with Gasteiger partial charge in [0.15, 0.2) is 5.78 Å². The first-order valence-corrected chi connectivity index (χ1v) is 8.83. The Bertz CT molecular complexity index is 659. The number of ether oxygens (including phenoxy) is 1. The van der Waals surface area contributed by atoms with Gasteiger partial charge in [-0.05, 0) is 29.1 Å². The number of morpholine rings is 1. The van der Waals surface area contributed by atoms with Crippen molar-refractivity contribution in [2.24, 2.45) is 0 Å². The zero-order chi connectivity index (χ0) is 16.9. The fraction of sp³-hybridized carbons (Fsp3) is 0.389. The summed E-state index contributed by atoms with van der Waals surface area (Å²) in [5.41, 5.74) is 0.672. The molecule has 1 aromatic heterocycles. The molecule has 0 unspecified atom stereocenters. The molecule has 1 aliphatic rings. The minimum Gasteiger partial charge on any atom is -0.387 e. The number of thiophene rings is 1. The first-order chi connectivity index (χ1) is 11.6. The number of aliphatic hydroxyl groups is 1. The normalized spacial score (nSPS) is 20.0. The molecule has 0 aliphatic carbocycles. The fourth-order valence-electron chi connectivity index (χ4n) is 2.88. The van der Waals surface area contributed by atoms with Gasteiger partial charge in [0.05, 0.1) is 24.2 Å². The van der Waals surface area contributed by atoms with Gasteiger partial charge in [0, 0.05) is 25.6 Å². The number of hydrogen-bond acceptors (Lipinski definition) is 5. The van der Waals surface area contributed by atoms with Crippen LogP contribution in [0, 0.1) is 5.82 Å². The maximum atomic E-state index is 13.0. The summed E-state index contributed by atoms with van der Waals surface area (Å²) >= 11 is 1.44. The Balaban J connectivity index is 1.63. The summed E-state index contributed by atoms with van der Waals surface area (Å²) in [6.45, 7) is 2.13. The molecule has 0 radical (unpaired) electrons. The van der Waals surface area contributed by atoms with Crippen LogP contribution in [0.2, 0.25) is 0 Å². The minimum atomic E-state index is -0.719. The van der Waals surface area contributed by atoms with Gasteiger partial charge in [-0.1, -0.05) is 18.2 Å². The molecule has 0 bridgehead atoms. The van der Waals surface area contributed by atoms with E-state index in [-0.39, 0.29) is 17.6 Å². The van der Waals surface area contributed by atoms with Crippen molar-refractivity contribution in [3.05, 3.63) is 58.0 Å². The molecule has 6 heteroatoms. The minimum absolute atomic E-state index is 0.0524. The Morgan fingerprint density at radius 3 is 2.88 bits per heavy atom. The maximum Gasteiger partial charge on any atom is 0.174 e. The third-order valence-electron chi connectivity index (χ3n) is 4.23. The van der Waals surface area contributed by atoms with Crippen molar-refractivity contribution in [1.29, 1.82) is 0 Å². The largest absolute Gasteiger partial charge is 0.387 e. The molecule has 128 valence electrons. The molecular formula is C18H20FNO3S. The molecular weight excluding hydrogens is 329 g/mol. The summed E-state index contributed by atoms with van der Waals surface area (Å²) in [4.78, 5) is 15.2. The highest BCUT2D eigenvalue weighted by atomic mass is 32.1. The Labute approximate surface area is 144 Å². The molecule has 0 spiro atoms. The average Bonchev–Trinajstić information content (AvgIpc) is 3.12. The van der Waals surface area contributed by atoms with Gasteiger partial charge in [-0.2, -0.15) is 0 Å². The van der Waals surface area contributed by atoms with Crippen molar-refractivity contribution in [3.63, 3.8) is 0 Å². The average molecular weight is 349 g/mol. The lowest BCUT2D eigenvalue weighted by Gasteiger charge is -2.36. The molecule has 1 aliphatic heterocycles. The van der Waals surface area contributed by atoms with E-state index in [9.17, 15) is 14.3 Å². The highest BCUT2D eigenvalue weighted by Crippen LogP contribution is 2.21. The molecule has 0 amide bonds. The van der Waals surface area contributed by atoms with Crippen LogP contribution in [0.4, 0.5) is 4.39 Å². The van der Waals surface area contributed by atoms with Gasteiger partial charge in [0.2, 0.25) is 0 Å². The van der Waals surface area contributed by atoms with E-state index < -0.39 is 6.10 Å². The van der Waals surface area contributed by atoms with Crippen molar-refractivity contribution < 1.29 is 19.0 Å².